The van der Waals surface area contributed by atoms with Crippen LogP contribution in [0.2, 0.25) is 5.04 Å². The topological polar surface area (TPSA) is 69.2 Å². The fourth-order valence-electron chi connectivity index (χ4n) is 1.31. The van der Waals surface area contributed by atoms with Crippen LogP contribution < -0.4 is 5.73 Å². The first-order chi connectivity index (χ1) is 8.20. The molecule has 4 nitrogen and oxygen atoms in total. The van der Waals surface area contributed by atoms with Gasteiger partial charge in [0.2, 0.25) is 0 Å². The molecule has 0 aromatic heterocycles. The number of nitro groups is 1. The lowest BCUT2D eigenvalue weighted by molar-refractivity contribution is -0.385. The molecule has 1 aromatic carbocycles. The van der Waals surface area contributed by atoms with Gasteiger partial charge in [0.1, 0.15) is 0 Å². The lowest BCUT2D eigenvalue weighted by atomic mass is 10.1. The van der Waals surface area contributed by atoms with Crippen molar-refractivity contribution in [1.82, 2.24) is 0 Å². The Balaban J connectivity index is 3.10. The van der Waals surface area contributed by atoms with Gasteiger partial charge < -0.3 is 5.73 Å². The Kier molecular flexibility index (Phi) is 4.14. The van der Waals surface area contributed by atoms with Crippen molar-refractivity contribution in [3.8, 4) is 11.5 Å². The number of nitro benzene ring substituents is 1. The zero-order chi connectivity index (χ0) is 13.9. The van der Waals surface area contributed by atoms with Gasteiger partial charge in [0.15, 0.2) is 9.52 Å². The highest BCUT2D eigenvalue weighted by atomic mass is 28.2. The quantitative estimate of drug-likeness (QED) is 0.277. The minimum atomic E-state index is -0.411. The van der Waals surface area contributed by atoms with E-state index in [4.69, 9.17) is 5.73 Å². The first-order valence-electron chi connectivity index (χ1n) is 5.53. The monoisotopic (exact) mass is 260 g/mol. The predicted octanol–water partition coefficient (Wildman–Crippen LogP) is 2.72. The molecule has 0 amide bonds. The molecule has 0 saturated carbocycles. The smallest absolute Gasteiger partial charge is 0.273 e. The fourth-order valence-corrected chi connectivity index (χ4v) is 1.88. The van der Waals surface area contributed by atoms with Gasteiger partial charge >= 0.3 is 0 Å². The Hall–Kier alpha value is -1.80. The first-order valence-corrected chi connectivity index (χ1v) is 6.53. The molecule has 0 fully saturated rings. The number of nitrogens with two attached hydrogens (primary N) is 1. The Bertz CT molecular complexity index is 536. The molecule has 2 N–H and O–H groups in total. The third-order valence-electron chi connectivity index (χ3n) is 2.20. The maximum atomic E-state index is 10.8. The van der Waals surface area contributed by atoms with Crippen LogP contribution in [-0.4, -0.2) is 14.4 Å². The standard InChI is InChI=1S/C13H16N2O2Si/c1-9-7-11(14)10(8-12(9)15(16)17)5-6-18-13(2,3)4/h7-8H,14H2,1-4H3. The number of benzene rings is 1. The van der Waals surface area contributed by atoms with Crippen LogP contribution in [0.5, 0.6) is 0 Å². The van der Waals surface area contributed by atoms with Gasteiger partial charge in [-0.1, -0.05) is 26.7 Å². The zero-order valence-electron chi connectivity index (χ0n) is 11.0. The summed E-state index contributed by atoms with van der Waals surface area (Å²) in [7, 11) is 0.465. The molecule has 0 bridgehead atoms. The van der Waals surface area contributed by atoms with Gasteiger partial charge in [-0.05, 0) is 18.0 Å². The maximum Gasteiger partial charge on any atom is 0.273 e. The molecular formula is C13H16N2O2Si. The van der Waals surface area contributed by atoms with Crippen LogP contribution in [0.25, 0.3) is 0 Å². The Morgan fingerprint density at radius 2 is 2.00 bits per heavy atom. The van der Waals surface area contributed by atoms with E-state index < -0.39 is 4.92 Å². The van der Waals surface area contributed by atoms with Gasteiger partial charge in [-0.3, -0.25) is 10.1 Å². The number of aryl methyl sites for hydroxylation is 1. The molecule has 0 aliphatic rings. The van der Waals surface area contributed by atoms with Gasteiger partial charge in [0.05, 0.1) is 10.5 Å². The molecule has 0 aliphatic carbocycles. The summed E-state index contributed by atoms with van der Waals surface area (Å²) >= 11 is 0. The van der Waals surface area contributed by atoms with Crippen molar-refractivity contribution in [1.29, 1.82) is 0 Å². The molecule has 2 radical (unpaired) electrons. The van der Waals surface area contributed by atoms with E-state index in [9.17, 15) is 10.1 Å². The second-order valence-corrected chi connectivity index (χ2v) is 7.11. The highest BCUT2D eigenvalue weighted by Crippen LogP contribution is 2.24. The average Bonchev–Trinajstić information content (AvgIpc) is 2.18. The van der Waals surface area contributed by atoms with E-state index in [2.05, 4.69) is 32.2 Å². The minimum Gasteiger partial charge on any atom is -0.398 e. The van der Waals surface area contributed by atoms with Crippen molar-refractivity contribution >= 4 is 20.9 Å². The van der Waals surface area contributed by atoms with E-state index in [1.54, 1.807) is 13.0 Å². The molecule has 5 heteroatoms. The zero-order valence-corrected chi connectivity index (χ0v) is 12.0. The summed E-state index contributed by atoms with van der Waals surface area (Å²) in [5.41, 5.74) is 10.5. The number of hydrogen-bond acceptors (Lipinski definition) is 3. The summed E-state index contributed by atoms with van der Waals surface area (Å²) in [5.74, 6) is 2.92. The van der Waals surface area contributed by atoms with E-state index in [1.165, 1.54) is 6.07 Å². The summed E-state index contributed by atoms with van der Waals surface area (Å²) in [5, 5.41) is 11.0. The van der Waals surface area contributed by atoms with Crippen LogP contribution in [0, 0.1) is 28.5 Å². The van der Waals surface area contributed by atoms with Crippen LogP contribution in [0.4, 0.5) is 11.4 Å². The predicted molar refractivity (Wildman–Crippen MR) is 74.6 cm³/mol. The summed E-state index contributed by atoms with van der Waals surface area (Å²) in [6.07, 6.45) is 0. The lowest BCUT2D eigenvalue weighted by Crippen LogP contribution is -2.05. The summed E-state index contributed by atoms with van der Waals surface area (Å²) in [4.78, 5) is 10.4. The van der Waals surface area contributed by atoms with Crippen LogP contribution in [0.15, 0.2) is 12.1 Å². The molecule has 0 spiro atoms. The minimum absolute atomic E-state index is 0.0626. The van der Waals surface area contributed by atoms with Crippen LogP contribution in [0.1, 0.15) is 31.9 Å². The molecular weight excluding hydrogens is 244 g/mol. The number of rotatable bonds is 1. The third-order valence-corrected chi connectivity index (χ3v) is 3.20. The summed E-state index contributed by atoms with van der Waals surface area (Å²) in [6, 6.07) is 3.05. The van der Waals surface area contributed by atoms with Crippen molar-refractivity contribution in [3.05, 3.63) is 33.4 Å². The second-order valence-electron chi connectivity index (χ2n) is 5.11. The largest absolute Gasteiger partial charge is 0.398 e. The Labute approximate surface area is 110 Å². The normalized spacial score (nSPS) is 10.7. The van der Waals surface area contributed by atoms with Crippen molar-refractivity contribution in [2.45, 2.75) is 32.7 Å². The van der Waals surface area contributed by atoms with Crippen LogP contribution >= 0.6 is 0 Å². The highest BCUT2D eigenvalue weighted by molar-refractivity contribution is 6.49. The van der Waals surface area contributed by atoms with Gasteiger partial charge in [0, 0.05) is 17.3 Å². The lowest BCUT2D eigenvalue weighted by Gasteiger charge is -2.10. The number of hydrogen-bond donors (Lipinski definition) is 1. The van der Waals surface area contributed by atoms with E-state index in [1.807, 2.05) is 0 Å². The summed E-state index contributed by atoms with van der Waals surface area (Å²) < 4.78 is 0. The van der Waals surface area contributed by atoms with Crippen LogP contribution in [-0.2, 0) is 0 Å². The van der Waals surface area contributed by atoms with Gasteiger partial charge in [-0.25, -0.2) is 0 Å². The maximum absolute atomic E-state index is 10.8. The molecule has 0 unspecified atom stereocenters. The SMILES string of the molecule is Cc1cc(N)c(C#C[Si]C(C)(C)C)cc1[N+](=O)[O-]. The second kappa shape index (κ2) is 5.23. The van der Waals surface area contributed by atoms with Crippen molar-refractivity contribution < 1.29 is 4.92 Å². The van der Waals surface area contributed by atoms with E-state index >= 15 is 0 Å². The van der Waals surface area contributed by atoms with Crippen molar-refractivity contribution in [2.75, 3.05) is 5.73 Å². The first kappa shape index (κ1) is 14.3. The molecule has 0 heterocycles. The van der Waals surface area contributed by atoms with Crippen molar-refractivity contribution in [3.63, 3.8) is 0 Å². The Morgan fingerprint density at radius 1 is 1.39 bits per heavy atom. The molecule has 1 aromatic rings. The van der Waals surface area contributed by atoms with Crippen LogP contribution in [0.3, 0.4) is 0 Å². The van der Waals surface area contributed by atoms with E-state index in [0.717, 1.165) is 0 Å². The van der Waals surface area contributed by atoms with E-state index in [-0.39, 0.29) is 10.7 Å². The number of nitrogen functional groups attached to an aromatic ring is 1. The molecule has 1 rings (SSSR count). The Morgan fingerprint density at radius 3 is 2.50 bits per heavy atom. The third kappa shape index (κ3) is 3.89. The molecule has 18 heavy (non-hydrogen) atoms. The van der Waals surface area contributed by atoms with Gasteiger partial charge in [-0.15, -0.1) is 5.54 Å². The molecule has 0 atom stereocenters. The summed E-state index contributed by atoms with van der Waals surface area (Å²) in [6.45, 7) is 7.96. The highest BCUT2D eigenvalue weighted by Gasteiger charge is 2.13. The molecule has 0 saturated heterocycles. The van der Waals surface area contributed by atoms with E-state index in [0.29, 0.717) is 26.3 Å². The number of nitrogens with zero attached hydrogens (tertiary/aromatic N) is 1. The van der Waals surface area contributed by atoms with Crippen molar-refractivity contribution in [2.24, 2.45) is 0 Å². The average molecular weight is 260 g/mol. The van der Waals surface area contributed by atoms with Gasteiger partial charge in [-0.2, -0.15) is 0 Å². The molecule has 94 valence electrons. The van der Waals surface area contributed by atoms with Gasteiger partial charge in [0.25, 0.3) is 5.69 Å². The number of anilines is 1. The molecule has 0 aliphatic heterocycles. The fraction of sp³-hybridized carbons (Fsp3) is 0.385.